The van der Waals surface area contributed by atoms with E-state index in [9.17, 15) is 0 Å². The second kappa shape index (κ2) is 5.17. The van der Waals surface area contributed by atoms with Gasteiger partial charge in [-0.25, -0.2) is 0 Å². The molecular formula is C14H18N2O2S. The van der Waals surface area contributed by atoms with Gasteiger partial charge in [-0.2, -0.15) is 0 Å². The van der Waals surface area contributed by atoms with Gasteiger partial charge in [-0.3, -0.25) is 4.99 Å². The summed E-state index contributed by atoms with van der Waals surface area (Å²) in [6.45, 7) is 8.11. The van der Waals surface area contributed by atoms with E-state index in [0.717, 1.165) is 27.3 Å². The Morgan fingerprint density at radius 3 is 2.53 bits per heavy atom. The molecule has 0 spiro atoms. The summed E-state index contributed by atoms with van der Waals surface area (Å²) in [6.07, 6.45) is 0. The summed E-state index contributed by atoms with van der Waals surface area (Å²) in [5.74, 6) is 1.48. The van der Waals surface area contributed by atoms with Crippen molar-refractivity contribution in [3.05, 3.63) is 29.7 Å². The lowest BCUT2D eigenvalue weighted by molar-refractivity contribution is 0.395. The first-order chi connectivity index (χ1) is 8.96. The minimum atomic E-state index is -0.229. The fourth-order valence-corrected chi connectivity index (χ4v) is 2.61. The number of rotatable bonds is 3. The summed E-state index contributed by atoms with van der Waals surface area (Å²) in [6, 6.07) is 5.63. The molecule has 1 aliphatic heterocycles. The molecule has 1 aromatic carbocycles. The number of benzene rings is 1. The molecule has 0 atom stereocenters. The number of amidine groups is 1. The molecule has 19 heavy (non-hydrogen) atoms. The monoisotopic (exact) mass is 278 g/mol. The Labute approximate surface area is 117 Å². The van der Waals surface area contributed by atoms with Crippen molar-refractivity contribution in [2.45, 2.75) is 19.4 Å². The predicted molar refractivity (Wildman–Crippen MR) is 81.4 cm³/mol. The average molecular weight is 278 g/mol. The van der Waals surface area contributed by atoms with Crippen LogP contribution < -0.4 is 14.8 Å². The maximum atomic E-state index is 5.35. The van der Waals surface area contributed by atoms with Crippen molar-refractivity contribution in [1.29, 1.82) is 0 Å². The van der Waals surface area contributed by atoms with Crippen LogP contribution in [0.5, 0.6) is 11.5 Å². The highest BCUT2D eigenvalue weighted by Gasteiger charge is 2.30. The maximum absolute atomic E-state index is 5.35. The van der Waals surface area contributed by atoms with Gasteiger partial charge in [0.05, 0.1) is 25.4 Å². The van der Waals surface area contributed by atoms with Crippen LogP contribution in [0.3, 0.4) is 0 Å². The highest BCUT2D eigenvalue weighted by atomic mass is 32.2. The SMILES string of the molecule is C=C1SC(Nc2ccc(OC)cc2OC)=NC1(C)C. The molecule has 0 saturated heterocycles. The minimum Gasteiger partial charge on any atom is -0.497 e. The Hall–Kier alpha value is -1.62. The number of ether oxygens (including phenoxy) is 2. The largest absolute Gasteiger partial charge is 0.497 e. The van der Waals surface area contributed by atoms with Crippen molar-refractivity contribution in [2.75, 3.05) is 19.5 Å². The number of methoxy groups -OCH3 is 2. The van der Waals surface area contributed by atoms with Gasteiger partial charge in [0.2, 0.25) is 0 Å². The van der Waals surface area contributed by atoms with Crippen LogP contribution in [0, 0.1) is 0 Å². The zero-order chi connectivity index (χ0) is 14.0. The average Bonchev–Trinajstić information content (AvgIpc) is 2.63. The molecule has 0 fully saturated rings. The first-order valence-electron chi connectivity index (χ1n) is 5.92. The van der Waals surface area contributed by atoms with E-state index in [0.29, 0.717) is 0 Å². The van der Waals surface area contributed by atoms with E-state index < -0.39 is 0 Å². The number of nitrogens with zero attached hydrogens (tertiary/aromatic N) is 1. The minimum absolute atomic E-state index is 0.229. The van der Waals surface area contributed by atoms with Gasteiger partial charge in [-0.05, 0) is 26.0 Å². The van der Waals surface area contributed by atoms with Crippen molar-refractivity contribution in [3.63, 3.8) is 0 Å². The summed E-state index contributed by atoms with van der Waals surface area (Å²) in [5, 5.41) is 4.10. The molecule has 5 heteroatoms. The zero-order valence-corrected chi connectivity index (χ0v) is 12.4. The van der Waals surface area contributed by atoms with Crippen LogP contribution in [0.2, 0.25) is 0 Å². The van der Waals surface area contributed by atoms with E-state index in [1.165, 1.54) is 0 Å². The molecule has 0 aliphatic carbocycles. The normalized spacial score (nSPS) is 17.1. The van der Waals surface area contributed by atoms with Crippen molar-refractivity contribution in [2.24, 2.45) is 4.99 Å². The lowest BCUT2D eigenvalue weighted by atomic mass is 10.1. The predicted octanol–water partition coefficient (Wildman–Crippen LogP) is 3.51. The first kappa shape index (κ1) is 13.8. The van der Waals surface area contributed by atoms with E-state index in [2.05, 4.69) is 16.9 Å². The molecular weight excluding hydrogens is 260 g/mol. The van der Waals surface area contributed by atoms with Gasteiger partial charge < -0.3 is 14.8 Å². The second-order valence-corrected chi connectivity index (χ2v) is 5.78. The van der Waals surface area contributed by atoms with Gasteiger partial charge in [0.15, 0.2) is 5.17 Å². The number of hydrogen-bond donors (Lipinski definition) is 1. The van der Waals surface area contributed by atoms with Crippen LogP contribution in [0.4, 0.5) is 5.69 Å². The Kier molecular flexibility index (Phi) is 3.75. The molecule has 4 nitrogen and oxygen atoms in total. The standard InChI is InChI=1S/C14H18N2O2S/c1-9-14(2,3)16-13(19-9)15-11-7-6-10(17-4)8-12(11)18-5/h6-8H,1H2,2-5H3,(H,15,16). The summed E-state index contributed by atoms with van der Waals surface area (Å²) < 4.78 is 10.5. The van der Waals surface area contributed by atoms with E-state index in [4.69, 9.17) is 9.47 Å². The van der Waals surface area contributed by atoms with Crippen molar-refractivity contribution < 1.29 is 9.47 Å². The van der Waals surface area contributed by atoms with E-state index in [1.54, 1.807) is 26.0 Å². The van der Waals surface area contributed by atoms with Crippen molar-refractivity contribution in [3.8, 4) is 11.5 Å². The molecule has 0 amide bonds. The molecule has 1 aliphatic rings. The van der Waals surface area contributed by atoms with E-state index in [1.807, 2.05) is 32.0 Å². The molecule has 1 N–H and O–H groups in total. The molecule has 0 saturated carbocycles. The topological polar surface area (TPSA) is 42.8 Å². The quantitative estimate of drug-likeness (QED) is 0.918. The van der Waals surface area contributed by atoms with Gasteiger partial charge >= 0.3 is 0 Å². The van der Waals surface area contributed by atoms with Crippen molar-refractivity contribution in [1.82, 2.24) is 0 Å². The summed E-state index contributed by atoms with van der Waals surface area (Å²) >= 11 is 1.55. The lowest BCUT2D eigenvalue weighted by Gasteiger charge is -2.12. The molecule has 2 rings (SSSR count). The van der Waals surface area contributed by atoms with Crippen LogP contribution >= 0.6 is 11.8 Å². The summed E-state index contributed by atoms with van der Waals surface area (Å²) in [7, 11) is 3.26. The highest BCUT2D eigenvalue weighted by molar-refractivity contribution is 8.17. The van der Waals surface area contributed by atoms with Crippen LogP contribution in [-0.4, -0.2) is 24.9 Å². The van der Waals surface area contributed by atoms with Gasteiger partial charge in [-0.15, -0.1) is 0 Å². The van der Waals surface area contributed by atoms with Gasteiger partial charge in [0.25, 0.3) is 0 Å². The third-order valence-electron chi connectivity index (χ3n) is 2.93. The van der Waals surface area contributed by atoms with Gasteiger partial charge in [0, 0.05) is 11.0 Å². The smallest absolute Gasteiger partial charge is 0.166 e. The molecule has 0 aromatic heterocycles. The number of nitrogens with one attached hydrogen (secondary N) is 1. The fraction of sp³-hybridized carbons (Fsp3) is 0.357. The third kappa shape index (κ3) is 2.87. The Morgan fingerprint density at radius 2 is 2.00 bits per heavy atom. The van der Waals surface area contributed by atoms with Crippen LogP contribution in [-0.2, 0) is 0 Å². The Morgan fingerprint density at radius 1 is 1.26 bits per heavy atom. The number of hydrogen-bond acceptors (Lipinski definition) is 5. The molecule has 0 unspecified atom stereocenters. The number of aliphatic imine (C=N–C) groups is 1. The lowest BCUT2D eigenvalue weighted by Crippen LogP contribution is -2.13. The third-order valence-corrected chi connectivity index (χ3v) is 4.07. The highest BCUT2D eigenvalue weighted by Crippen LogP contribution is 2.39. The molecule has 1 aromatic rings. The zero-order valence-electron chi connectivity index (χ0n) is 11.6. The molecule has 102 valence electrons. The van der Waals surface area contributed by atoms with Crippen LogP contribution in [0.1, 0.15) is 13.8 Å². The fourth-order valence-electron chi connectivity index (χ4n) is 1.65. The Balaban J connectivity index is 2.23. The first-order valence-corrected chi connectivity index (χ1v) is 6.74. The van der Waals surface area contributed by atoms with Crippen molar-refractivity contribution >= 4 is 22.6 Å². The molecule has 0 bridgehead atoms. The summed E-state index contributed by atoms with van der Waals surface area (Å²) in [5.41, 5.74) is 0.632. The van der Waals surface area contributed by atoms with Gasteiger partial charge in [0.1, 0.15) is 11.5 Å². The second-order valence-electron chi connectivity index (χ2n) is 4.69. The van der Waals surface area contributed by atoms with Crippen LogP contribution in [0.15, 0.2) is 34.7 Å². The molecule has 0 radical (unpaired) electrons. The number of anilines is 1. The number of thioether (sulfide) groups is 1. The van der Waals surface area contributed by atoms with E-state index >= 15 is 0 Å². The van der Waals surface area contributed by atoms with Gasteiger partial charge in [-0.1, -0.05) is 18.3 Å². The Bertz CT molecular complexity index is 538. The maximum Gasteiger partial charge on any atom is 0.166 e. The summed E-state index contributed by atoms with van der Waals surface area (Å²) in [4.78, 5) is 5.63. The van der Waals surface area contributed by atoms with Crippen LogP contribution in [0.25, 0.3) is 0 Å². The molecule has 1 heterocycles. The van der Waals surface area contributed by atoms with E-state index in [-0.39, 0.29) is 5.54 Å².